The number of ether oxygens (including phenoxy) is 2. The third-order valence-electron chi connectivity index (χ3n) is 2.98. The monoisotopic (exact) mass is 308 g/mol. The molecule has 2 aromatic rings. The molecule has 4 heteroatoms. The summed E-state index contributed by atoms with van der Waals surface area (Å²) in [4.78, 5) is 23.6. The van der Waals surface area contributed by atoms with Crippen LogP contribution in [-0.2, 0) is 14.3 Å². The van der Waals surface area contributed by atoms with Gasteiger partial charge in [0, 0.05) is 0 Å². The second kappa shape index (κ2) is 8.34. The lowest BCUT2D eigenvalue weighted by Crippen LogP contribution is -2.04. The highest BCUT2D eigenvalue weighted by molar-refractivity contribution is 5.96. The highest BCUT2D eigenvalue weighted by Gasteiger charge is 2.08. The summed E-state index contributed by atoms with van der Waals surface area (Å²) in [5.41, 5.74) is 1.55. The molecule has 0 unspecified atom stereocenters. The number of carbonyl (C=O) groups is 2. The van der Waals surface area contributed by atoms with Crippen LogP contribution in [0.2, 0.25) is 0 Å². The topological polar surface area (TPSA) is 52.6 Å². The first-order chi connectivity index (χ1) is 11.2. The quantitative estimate of drug-likeness (QED) is 0.366. The fourth-order valence-corrected chi connectivity index (χ4v) is 1.83. The van der Waals surface area contributed by atoms with E-state index in [9.17, 15) is 9.59 Å². The van der Waals surface area contributed by atoms with Gasteiger partial charge in [0.25, 0.3) is 0 Å². The van der Waals surface area contributed by atoms with Crippen LogP contribution in [0, 0.1) is 0 Å². The molecule has 0 saturated carbocycles. The Morgan fingerprint density at radius 2 is 1.52 bits per heavy atom. The predicted molar refractivity (Wildman–Crippen MR) is 87.4 cm³/mol. The Kier molecular flexibility index (Phi) is 5.89. The number of carbonyl (C=O) groups excluding carboxylic acids is 2. The van der Waals surface area contributed by atoms with Crippen molar-refractivity contribution < 1.29 is 19.1 Å². The summed E-state index contributed by atoms with van der Waals surface area (Å²) in [6.07, 6.45) is 4.24. The molecule has 0 bridgehead atoms. The summed E-state index contributed by atoms with van der Waals surface area (Å²) in [7, 11) is 1.30. The summed E-state index contributed by atoms with van der Waals surface area (Å²) >= 11 is 0. The lowest BCUT2D eigenvalue weighted by atomic mass is 10.1. The molecule has 0 N–H and O–H groups in total. The molecular weight excluding hydrogens is 292 g/mol. The summed E-state index contributed by atoms with van der Waals surface area (Å²) in [6.45, 7) is 0. The molecule has 0 amide bonds. The largest absolute Gasteiger partial charge is 0.465 e. The maximum Gasteiger partial charge on any atom is 0.342 e. The fraction of sp³-hybridized carbons (Fsp3) is 0.0526. The van der Waals surface area contributed by atoms with Gasteiger partial charge in [-0.05, 0) is 29.8 Å². The van der Waals surface area contributed by atoms with Gasteiger partial charge in [-0.1, -0.05) is 48.5 Å². The summed E-state index contributed by atoms with van der Waals surface area (Å²) in [5, 5.41) is 0. The van der Waals surface area contributed by atoms with E-state index in [1.165, 1.54) is 19.4 Å². The zero-order valence-electron chi connectivity index (χ0n) is 12.6. The van der Waals surface area contributed by atoms with Crippen molar-refractivity contribution >= 4 is 18.0 Å². The second-order valence-electron chi connectivity index (χ2n) is 4.58. The second-order valence-corrected chi connectivity index (χ2v) is 4.58. The molecule has 0 radical (unpaired) electrons. The lowest BCUT2D eigenvalue weighted by molar-refractivity contribution is -0.135. The molecule has 0 aliphatic heterocycles. The number of hydrogen-bond donors (Lipinski definition) is 0. The van der Waals surface area contributed by atoms with E-state index in [1.54, 1.807) is 30.3 Å². The van der Waals surface area contributed by atoms with E-state index in [0.717, 1.165) is 5.56 Å². The Labute approximate surface area is 134 Å². The Morgan fingerprint density at radius 1 is 0.913 bits per heavy atom. The molecule has 0 fully saturated rings. The van der Waals surface area contributed by atoms with Crippen LogP contribution in [0.5, 0.6) is 0 Å². The van der Waals surface area contributed by atoms with E-state index < -0.39 is 11.9 Å². The van der Waals surface area contributed by atoms with E-state index in [0.29, 0.717) is 5.56 Å². The van der Waals surface area contributed by atoms with Gasteiger partial charge in [-0.2, -0.15) is 0 Å². The Bertz CT molecular complexity index is 716. The summed E-state index contributed by atoms with van der Waals surface area (Å²) in [5.74, 6) is -1.01. The van der Waals surface area contributed by atoms with Crippen molar-refractivity contribution in [2.24, 2.45) is 0 Å². The Hall–Kier alpha value is -3.14. The molecular formula is C19H16O4. The van der Waals surface area contributed by atoms with Gasteiger partial charge in [-0.25, -0.2) is 9.59 Å². The van der Waals surface area contributed by atoms with Gasteiger partial charge < -0.3 is 9.47 Å². The predicted octanol–water partition coefficient (Wildman–Crippen LogP) is 3.61. The minimum absolute atomic E-state index is 0.277. The van der Waals surface area contributed by atoms with Gasteiger partial charge >= 0.3 is 11.9 Å². The van der Waals surface area contributed by atoms with Gasteiger partial charge in [0.15, 0.2) is 0 Å². The molecule has 116 valence electrons. The van der Waals surface area contributed by atoms with E-state index in [-0.39, 0.29) is 5.57 Å². The number of esters is 2. The maximum atomic E-state index is 11.8. The molecule has 4 nitrogen and oxygen atoms in total. The van der Waals surface area contributed by atoms with Crippen LogP contribution < -0.4 is 0 Å². The van der Waals surface area contributed by atoms with Gasteiger partial charge in [0.05, 0.1) is 24.5 Å². The van der Waals surface area contributed by atoms with Crippen molar-refractivity contribution in [3.8, 4) is 0 Å². The normalized spacial score (nSPS) is 11.3. The average Bonchev–Trinajstić information content (AvgIpc) is 2.61. The highest BCUT2D eigenvalue weighted by atomic mass is 16.5. The highest BCUT2D eigenvalue weighted by Crippen LogP contribution is 2.10. The summed E-state index contributed by atoms with van der Waals surface area (Å²) in [6, 6.07) is 17.9. The average molecular weight is 308 g/mol. The van der Waals surface area contributed by atoms with E-state index in [4.69, 9.17) is 9.47 Å². The standard InChI is InChI=1S/C19H16O4/c1-22-18(20)17(14-15-8-4-2-5-9-15)12-13-23-19(21)16-10-6-3-7-11-16/h2-14H,1H3/b13-12-,17-14?. The van der Waals surface area contributed by atoms with E-state index in [1.807, 2.05) is 36.4 Å². The fourth-order valence-electron chi connectivity index (χ4n) is 1.83. The number of benzene rings is 2. The van der Waals surface area contributed by atoms with Crippen LogP contribution in [0.1, 0.15) is 15.9 Å². The molecule has 2 aromatic carbocycles. The molecule has 0 aromatic heterocycles. The van der Waals surface area contributed by atoms with Crippen LogP contribution in [0.3, 0.4) is 0 Å². The lowest BCUT2D eigenvalue weighted by Gasteiger charge is -2.02. The third kappa shape index (κ3) is 4.97. The van der Waals surface area contributed by atoms with Crippen LogP contribution in [0.4, 0.5) is 0 Å². The zero-order valence-corrected chi connectivity index (χ0v) is 12.6. The Morgan fingerprint density at radius 3 is 2.13 bits per heavy atom. The molecule has 2 rings (SSSR count). The van der Waals surface area contributed by atoms with Crippen LogP contribution in [0.15, 0.2) is 78.6 Å². The van der Waals surface area contributed by atoms with E-state index >= 15 is 0 Å². The minimum atomic E-state index is -0.513. The SMILES string of the molecule is COC(=O)C(=Cc1ccccc1)/C=C\OC(=O)c1ccccc1. The molecule has 0 spiro atoms. The van der Waals surface area contributed by atoms with Gasteiger partial charge in [-0.3, -0.25) is 0 Å². The van der Waals surface area contributed by atoms with Crippen molar-refractivity contribution in [2.45, 2.75) is 0 Å². The first-order valence-corrected chi connectivity index (χ1v) is 6.98. The van der Waals surface area contributed by atoms with Crippen molar-refractivity contribution in [3.63, 3.8) is 0 Å². The van der Waals surface area contributed by atoms with Crippen molar-refractivity contribution in [3.05, 3.63) is 89.7 Å². The third-order valence-corrected chi connectivity index (χ3v) is 2.98. The molecule has 0 aliphatic carbocycles. The Balaban J connectivity index is 2.11. The molecule has 0 atom stereocenters. The number of hydrogen-bond acceptors (Lipinski definition) is 4. The summed E-state index contributed by atoms with van der Waals surface area (Å²) < 4.78 is 9.75. The first-order valence-electron chi connectivity index (χ1n) is 6.98. The first kappa shape index (κ1) is 16.2. The van der Waals surface area contributed by atoms with Crippen LogP contribution in [-0.4, -0.2) is 19.0 Å². The van der Waals surface area contributed by atoms with Crippen molar-refractivity contribution in [1.29, 1.82) is 0 Å². The maximum absolute atomic E-state index is 11.8. The molecule has 23 heavy (non-hydrogen) atoms. The zero-order chi connectivity index (χ0) is 16.5. The smallest absolute Gasteiger partial charge is 0.342 e. The van der Waals surface area contributed by atoms with Gasteiger partial charge in [-0.15, -0.1) is 0 Å². The van der Waals surface area contributed by atoms with Gasteiger partial charge in [0.2, 0.25) is 0 Å². The number of methoxy groups -OCH3 is 1. The minimum Gasteiger partial charge on any atom is -0.465 e. The molecule has 0 heterocycles. The van der Waals surface area contributed by atoms with Crippen molar-refractivity contribution in [2.75, 3.05) is 7.11 Å². The van der Waals surface area contributed by atoms with Gasteiger partial charge in [0.1, 0.15) is 0 Å². The van der Waals surface area contributed by atoms with Crippen molar-refractivity contribution in [1.82, 2.24) is 0 Å². The molecule has 0 saturated heterocycles. The van der Waals surface area contributed by atoms with Crippen LogP contribution in [0.25, 0.3) is 6.08 Å². The van der Waals surface area contributed by atoms with E-state index in [2.05, 4.69) is 0 Å². The number of rotatable bonds is 5. The van der Waals surface area contributed by atoms with Crippen LogP contribution >= 0.6 is 0 Å². The molecule has 0 aliphatic rings.